The van der Waals surface area contributed by atoms with E-state index in [1.807, 2.05) is 12.3 Å². The molecule has 112 valence electrons. The van der Waals surface area contributed by atoms with Crippen LogP contribution in [-0.4, -0.2) is 37.7 Å². The lowest BCUT2D eigenvalue weighted by Crippen LogP contribution is -2.37. The van der Waals surface area contributed by atoms with Gasteiger partial charge in [-0.3, -0.25) is 0 Å². The second-order valence-corrected chi connectivity index (χ2v) is 6.22. The Balaban J connectivity index is 1.54. The third kappa shape index (κ3) is 3.05. The van der Waals surface area contributed by atoms with E-state index >= 15 is 0 Å². The van der Waals surface area contributed by atoms with Gasteiger partial charge in [0.05, 0.1) is 23.8 Å². The molecule has 0 saturated carbocycles. The highest BCUT2D eigenvalue weighted by Crippen LogP contribution is 2.15. The normalized spacial score (nSPS) is 13.2. The second-order valence-electron chi connectivity index (χ2n) is 5.16. The lowest BCUT2D eigenvalue weighted by Gasteiger charge is -2.17. The van der Waals surface area contributed by atoms with Crippen LogP contribution in [0.25, 0.3) is 0 Å². The lowest BCUT2D eigenvalue weighted by atomic mass is 10.4. The van der Waals surface area contributed by atoms with Crippen molar-refractivity contribution in [2.45, 2.75) is 39.4 Å². The van der Waals surface area contributed by atoms with Gasteiger partial charge in [0, 0.05) is 25.4 Å². The molecule has 0 atom stereocenters. The Kier molecular flexibility index (Phi) is 3.87. The number of carbonyl (C=O) groups excluding carboxylic acids is 1. The van der Waals surface area contributed by atoms with E-state index in [1.165, 1.54) is 0 Å². The zero-order valence-corrected chi connectivity index (χ0v) is 13.0. The van der Waals surface area contributed by atoms with Crippen molar-refractivity contribution in [3.8, 4) is 0 Å². The number of hydrogen-bond acceptors (Lipinski definition) is 5. The van der Waals surface area contributed by atoms with Crippen LogP contribution in [0.3, 0.4) is 0 Å². The van der Waals surface area contributed by atoms with Crippen molar-refractivity contribution in [2.24, 2.45) is 0 Å². The molecule has 0 saturated heterocycles. The smallest absolute Gasteiger partial charge is 0.317 e. The van der Waals surface area contributed by atoms with Crippen molar-refractivity contribution in [3.05, 3.63) is 27.7 Å². The standard InChI is InChI=1S/C13H18N6OS/c1-9-15-10(8-21-9)6-14-13(20)18(2)7-12-17-16-11-4-3-5-19(11)12/h8H,3-7H2,1-2H3,(H,14,20). The number of nitrogens with one attached hydrogen (secondary N) is 1. The number of urea groups is 1. The summed E-state index contributed by atoms with van der Waals surface area (Å²) in [7, 11) is 1.76. The van der Waals surface area contributed by atoms with Gasteiger partial charge >= 0.3 is 6.03 Å². The molecule has 8 heteroatoms. The maximum Gasteiger partial charge on any atom is 0.317 e. The summed E-state index contributed by atoms with van der Waals surface area (Å²) in [6.45, 7) is 3.82. The maximum absolute atomic E-state index is 12.1. The summed E-state index contributed by atoms with van der Waals surface area (Å²) < 4.78 is 2.10. The fraction of sp³-hybridized carbons (Fsp3) is 0.538. The molecule has 0 spiro atoms. The summed E-state index contributed by atoms with van der Waals surface area (Å²) in [6, 6.07) is -0.129. The molecule has 1 N–H and O–H groups in total. The van der Waals surface area contributed by atoms with E-state index in [1.54, 1.807) is 23.3 Å². The van der Waals surface area contributed by atoms with Crippen molar-refractivity contribution < 1.29 is 4.79 Å². The summed E-state index contributed by atoms with van der Waals surface area (Å²) in [4.78, 5) is 18.0. The van der Waals surface area contributed by atoms with Crippen LogP contribution in [0.2, 0.25) is 0 Å². The Morgan fingerprint density at radius 2 is 2.38 bits per heavy atom. The van der Waals surface area contributed by atoms with Gasteiger partial charge in [-0.05, 0) is 13.3 Å². The number of aryl methyl sites for hydroxylation is 2. The minimum Gasteiger partial charge on any atom is -0.332 e. The van der Waals surface area contributed by atoms with E-state index in [-0.39, 0.29) is 6.03 Å². The highest BCUT2D eigenvalue weighted by molar-refractivity contribution is 7.09. The number of nitrogens with zero attached hydrogens (tertiary/aromatic N) is 5. The number of fused-ring (bicyclic) bond motifs is 1. The maximum atomic E-state index is 12.1. The van der Waals surface area contributed by atoms with E-state index in [4.69, 9.17) is 0 Å². The van der Waals surface area contributed by atoms with Crippen LogP contribution in [-0.2, 0) is 26.1 Å². The van der Waals surface area contributed by atoms with Crippen LogP contribution in [0, 0.1) is 6.92 Å². The molecule has 1 aliphatic heterocycles. The van der Waals surface area contributed by atoms with Gasteiger partial charge in [0.25, 0.3) is 0 Å². The Bertz CT molecular complexity index is 649. The van der Waals surface area contributed by atoms with Crippen LogP contribution in [0.4, 0.5) is 4.79 Å². The van der Waals surface area contributed by atoms with E-state index in [0.29, 0.717) is 13.1 Å². The van der Waals surface area contributed by atoms with Gasteiger partial charge in [-0.2, -0.15) is 0 Å². The highest BCUT2D eigenvalue weighted by atomic mass is 32.1. The van der Waals surface area contributed by atoms with Gasteiger partial charge < -0.3 is 14.8 Å². The molecular formula is C13H18N6OS. The monoisotopic (exact) mass is 306 g/mol. The number of hydrogen-bond donors (Lipinski definition) is 1. The first kappa shape index (κ1) is 14.0. The Morgan fingerprint density at radius 1 is 1.52 bits per heavy atom. The molecule has 2 aromatic rings. The predicted molar refractivity (Wildman–Crippen MR) is 78.9 cm³/mol. The zero-order chi connectivity index (χ0) is 14.8. The van der Waals surface area contributed by atoms with Crippen LogP contribution in [0.15, 0.2) is 5.38 Å². The van der Waals surface area contributed by atoms with Gasteiger partial charge in [-0.1, -0.05) is 0 Å². The molecule has 3 rings (SSSR count). The Morgan fingerprint density at radius 3 is 3.14 bits per heavy atom. The van der Waals surface area contributed by atoms with Gasteiger partial charge in [0.1, 0.15) is 5.82 Å². The number of carbonyl (C=O) groups is 1. The first-order chi connectivity index (χ1) is 10.1. The van der Waals surface area contributed by atoms with Crippen molar-refractivity contribution in [2.75, 3.05) is 7.05 Å². The number of rotatable bonds is 4. The number of amides is 2. The summed E-state index contributed by atoms with van der Waals surface area (Å²) >= 11 is 1.58. The first-order valence-corrected chi connectivity index (χ1v) is 7.82. The van der Waals surface area contributed by atoms with Crippen molar-refractivity contribution in [1.82, 2.24) is 30.0 Å². The Hall–Kier alpha value is -1.96. The molecule has 1 aliphatic rings. The number of thiazole rings is 1. The van der Waals surface area contributed by atoms with E-state index in [9.17, 15) is 4.79 Å². The minimum atomic E-state index is -0.129. The quantitative estimate of drug-likeness (QED) is 0.924. The van der Waals surface area contributed by atoms with Crippen molar-refractivity contribution >= 4 is 17.4 Å². The van der Waals surface area contributed by atoms with E-state index < -0.39 is 0 Å². The third-order valence-electron chi connectivity index (χ3n) is 3.50. The SMILES string of the molecule is Cc1nc(CNC(=O)N(C)Cc2nnc3n2CCC3)cs1. The summed E-state index contributed by atoms with van der Waals surface area (Å²) in [5.74, 6) is 1.88. The molecule has 2 amide bonds. The molecule has 7 nitrogen and oxygen atoms in total. The number of aromatic nitrogens is 4. The molecule has 2 aromatic heterocycles. The van der Waals surface area contributed by atoms with Gasteiger partial charge in [-0.25, -0.2) is 9.78 Å². The zero-order valence-electron chi connectivity index (χ0n) is 12.2. The lowest BCUT2D eigenvalue weighted by molar-refractivity contribution is 0.204. The first-order valence-electron chi connectivity index (χ1n) is 6.94. The fourth-order valence-corrected chi connectivity index (χ4v) is 3.01. The van der Waals surface area contributed by atoms with Crippen LogP contribution in [0.5, 0.6) is 0 Å². The van der Waals surface area contributed by atoms with Crippen LogP contribution >= 0.6 is 11.3 Å². The molecule has 0 aromatic carbocycles. The fourth-order valence-electron chi connectivity index (χ4n) is 2.40. The molecule has 0 fully saturated rings. The van der Waals surface area contributed by atoms with Gasteiger partial charge in [0.15, 0.2) is 5.82 Å². The molecule has 0 bridgehead atoms. The molecule has 0 unspecified atom stereocenters. The molecule has 21 heavy (non-hydrogen) atoms. The molecule has 0 aliphatic carbocycles. The largest absolute Gasteiger partial charge is 0.332 e. The Labute approximate surface area is 127 Å². The van der Waals surface area contributed by atoms with Crippen molar-refractivity contribution in [1.29, 1.82) is 0 Å². The summed E-state index contributed by atoms with van der Waals surface area (Å²) in [6.07, 6.45) is 2.09. The predicted octanol–water partition coefficient (Wildman–Crippen LogP) is 1.33. The topological polar surface area (TPSA) is 75.9 Å². The molecule has 3 heterocycles. The average molecular weight is 306 g/mol. The van der Waals surface area contributed by atoms with E-state index in [0.717, 1.165) is 41.7 Å². The summed E-state index contributed by atoms with van der Waals surface area (Å²) in [5, 5.41) is 14.1. The van der Waals surface area contributed by atoms with E-state index in [2.05, 4.69) is 25.1 Å². The van der Waals surface area contributed by atoms with Crippen LogP contribution in [0.1, 0.15) is 28.8 Å². The highest BCUT2D eigenvalue weighted by Gasteiger charge is 2.19. The van der Waals surface area contributed by atoms with Crippen molar-refractivity contribution in [3.63, 3.8) is 0 Å². The van der Waals surface area contributed by atoms with Gasteiger partial charge in [-0.15, -0.1) is 21.5 Å². The van der Waals surface area contributed by atoms with Gasteiger partial charge in [0.2, 0.25) is 0 Å². The molecule has 0 radical (unpaired) electrons. The second kappa shape index (κ2) is 5.80. The average Bonchev–Trinajstić information content (AvgIpc) is 3.15. The van der Waals surface area contributed by atoms with Crippen LogP contribution < -0.4 is 5.32 Å². The summed E-state index contributed by atoms with van der Waals surface area (Å²) in [5.41, 5.74) is 0.891. The third-order valence-corrected chi connectivity index (χ3v) is 4.32. The molecular weight excluding hydrogens is 288 g/mol. The minimum absolute atomic E-state index is 0.129.